The number of H-pyrrole nitrogens is 1. The predicted molar refractivity (Wildman–Crippen MR) is 129 cm³/mol. The Morgan fingerprint density at radius 3 is 2.74 bits per heavy atom. The molecule has 4 heterocycles. The number of hydrogen-bond donors (Lipinski definition) is 5. The van der Waals surface area contributed by atoms with Crippen molar-refractivity contribution in [3.8, 4) is 0 Å². The Balaban J connectivity index is 1.51. The van der Waals surface area contributed by atoms with Gasteiger partial charge in [0.1, 0.15) is 17.3 Å². The lowest BCUT2D eigenvalue weighted by Crippen LogP contribution is -2.43. The number of pyridine rings is 2. The summed E-state index contributed by atoms with van der Waals surface area (Å²) in [6.45, 7) is 2.68. The second kappa shape index (κ2) is 9.43. The van der Waals surface area contributed by atoms with Gasteiger partial charge in [0, 0.05) is 42.8 Å². The third-order valence-electron chi connectivity index (χ3n) is 6.49. The maximum absolute atomic E-state index is 14.9. The Kier molecular flexibility index (Phi) is 6.20. The summed E-state index contributed by atoms with van der Waals surface area (Å²) in [6.07, 6.45) is 5.57. The highest BCUT2D eigenvalue weighted by molar-refractivity contribution is 6.00. The summed E-state index contributed by atoms with van der Waals surface area (Å²) in [5.41, 5.74) is 13.1. The number of amides is 1. The average molecular weight is 469 g/mol. The Bertz CT molecular complexity index is 1190. The van der Waals surface area contributed by atoms with Crippen molar-refractivity contribution in [2.24, 2.45) is 11.5 Å². The van der Waals surface area contributed by atoms with E-state index in [1.807, 2.05) is 12.1 Å². The molecule has 180 valence electrons. The minimum absolute atomic E-state index is 0.0376. The zero-order chi connectivity index (χ0) is 23.7. The van der Waals surface area contributed by atoms with Gasteiger partial charge in [0.05, 0.1) is 24.5 Å². The smallest absolute Gasteiger partial charge is 0.252 e. The normalized spacial score (nSPS) is 20.9. The number of nitrogens with zero attached hydrogens (tertiary/aromatic N) is 3. The van der Waals surface area contributed by atoms with Crippen LogP contribution in [0.1, 0.15) is 36.0 Å². The van der Waals surface area contributed by atoms with E-state index < -0.39 is 11.7 Å². The number of aromatic amines is 1. The molecule has 10 nitrogen and oxygen atoms in total. The molecule has 7 N–H and O–H groups in total. The third kappa shape index (κ3) is 4.48. The maximum atomic E-state index is 14.9. The lowest BCUT2D eigenvalue weighted by molar-refractivity contribution is 0.100. The highest BCUT2D eigenvalue weighted by Gasteiger charge is 2.25. The summed E-state index contributed by atoms with van der Waals surface area (Å²) >= 11 is 0. The van der Waals surface area contributed by atoms with E-state index in [1.54, 1.807) is 6.20 Å². The molecule has 34 heavy (non-hydrogen) atoms. The van der Waals surface area contributed by atoms with Crippen molar-refractivity contribution >= 4 is 40.1 Å². The van der Waals surface area contributed by atoms with Gasteiger partial charge in [-0.05, 0) is 25.0 Å². The molecule has 0 aromatic carbocycles. The van der Waals surface area contributed by atoms with Gasteiger partial charge in [-0.2, -0.15) is 0 Å². The van der Waals surface area contributed by atoms with Crippen molar-refractivity contribution in [2.45, 2.75) is 37.8 Å². The summed E-state index contributed by atoms with van der Waals surface area (Å²) in [6, 6.07) is 4.71. The van der Waals surface area contributed by atoms with Gasteiger partial charge >= 0.3 is 0 Å². The molecule has 2 aliphatic rings. The quantitative estimate of drug-likeness (QED) is 0.371. The molecule has 1 saturated heterocycles. The molecule has 5 rings (SSSR count). The number of anilines is 4. The summed E-state index contributed by atoms with van der Waals surface area (Å²) in [4.78, 5) is 26.5. The molecule has 1 amide bonds. The molecular weight excluding hydrogens is 439 g/mol. The molecule has 1 aliphatic carbocycles. The molecule has 1 saturated carbocycles. The van der Waals surface area contributed by atoms with Crippen molar-refractivity contribution < 1.29 is 13.9 Å². The molecule has 11 heteroatoms. The monoisotopic (exact) mass is 468 g/mol. The molecule has 2 fully saturated rings. The lowest BCUT2D eigenvalue weighted by atomic mass is 9.91. The van der Waals surface area contributed by atoms with Crippen molar-refractivity contribution in [3.63, 3.8) is 0 Å². The van der Waals surface area contributed by atoms with Gasteiger partial charge in [0.2, 0.25) is 0 Å². The minimum atomic E-state index is -0.775. The van der Waals surface area contributed by atoms with Crippen LogP contribution in [-0.2, 0) is 4.74 Å². The Morgan fingerprint density at radius 2 is 1.97 bits per heavy atom. The molecule has 0 bridgehead atoms. The second-order valence-electron chi connectivity index (χ2n) is 8.77. The molecule has 2 atom stereocenters. The fourth-order valence-electron chi connectivity index (χ4n) is 4.60. The standard InChI is InChI=1S/C23H29FN8O2/c24-15-11-14(20(26)33)22(31-23(15)28-17-4-2-1-3-16(17)25)29-18-12-19(32-7-9-34-10-8-32)30-21-13(18)5-6-27-21/h5-6,11-12,16-17H,1-4,7-10,25H2,(H2,26,33)(H3,27,28,29,30,31)/t16-,17?/m0/s1. The van der Waals surface area contributed by atoms with E-state index in [-0.39, 0.29) is 29.3 Å². The first-order valence-corrected chi connectivity index (χ1v) is 11.6. The first-order chi connectivity index (χ1) is 16.5. The van der Waals surface area contributed by atoms with Gasteiger partial charge in [-0.3, -0.25) is 4.79 Å². The summed E-state index contributed by atoms with van der Waals surface area (Å²) in [7, 11) is 0. The van der Waals surface area contributed by atoms with Crippen LogP contribution in [0.15, 0.2) is 24.4 Å². The van der Waals surface area contributed by atoms with E-state index in [0.717, 1.165) is 56.0 Å². The van der Waals surface area contributed by atoms with Crippen LogP contribution in [-0.4, -0.2) is 59.2 Å². The summed E-state index contributed by atoms with van der Waals surface area (Å²) in [5, 5.41) is 7.16. The average Bonchev–Trinajstić information content (AvgIpc) is 3.32. The van der Waals surface area contributed by atoms with Crippen LogP contribution in [0, 0.1) is 5.82 Å². The number of fused-ring (bicyclic) bond motifs is 1. The Morgan fingerprint density at radius 1 is 1.18 bits per heavy atom. The first-order valence-electron chi connectivity index (χ1n) is 11.6. The number of primary amides is 1. The Hall–Kier alpha value is -3.44. The molecule has 3 aromatic heterocycles. The number of nitrogens with one attached hydrogen (secondary N) is 3. The fraction of sp³-hybridized carbons (Fsp3) is 0.435. The van der Waals surface area contributed by atoms with E-state index >= 15 is 0 Å². The highest BCUT2D eigenvalue weighted by atomic mass is 19.1. The SMILES string of the molecule is NC(=O)c1cc(F)c(NC2CCCC[C@@H]2N)nc1Nc1cc(N2CCOCC2)nc2[nH]ccc12. The zero-order valence-electron chi connectivity index (χ0n) is 18.8. The molecule has 0 radical (unpaired) electrons. The summed E-state index contributed by atoms with van der Waals surface area (Å²) < 4.78 is 20.3. The number of carbonyl (C=O) groups is 1. The van der Waals surface area contributed by atoms with E-state index in [2.05, 4.69) is 25.5 Å². The second-order valence-corrected chi connectivity index (χ2v) is 8.77. The number of morpholine rings is 1. The van der Waals surface area contributed by atoms with Crippen LogP contribution in [0.2, 0.25) is 0 Å². The van der Waals surface area contributed by atoms with E-state index in [1.165, 1.54) is 0 Å². The van der Waals surface area contributed by atoms with Crippen LogP contribution in [0.4, 0.5) is 27.5 Å². The lowest BCUT2D eigenvalue weighted by Gasteiger charge is -2.30. The topological polar surface area (TPSA) is 147 Å². The highest BCUT2D eigenvalue weighted by Crippen LogP contribution is 2.32. The molecule has 1 aliphatic heterocycles. The van der Waals surface area contributed by atoms with Crippen LogP contribution >= 0.6 is 0 Å². The van der Waals surface area contributed by atoms with Crippen molar-refractivity contribution in [1.29, 1.82) is 0 Å². The van der Waals surface area contributed by atoms with Gasteiger partial charge in [-0.25, -0.2) is 14.4 Å². The molecule has 0 spiro atoms. The summed E-state index contributed by atoms with van der Waals surface area (Å²) in [5.74, 6) is -0.449. The number of aromatic nitrogens is 3. The van der Waals surface area contributed by atoms with Crippen LogP contribution < -0.4 is 27.0 Å². The van der Waals surface area contributed by atoms with Crippen LogP contribution in [0.25, 0.3) is 11.0 Å². The third-order valence-corrected chi connectivity index (χ3v) is 6.49. The number of carbonyl (C=O) groups excluding carboxylic acids is 1. The Labute approximate surface area is 196 Å². The largest absolute Gasteiger partial charge is 0.378 e. The van der Waals surface area contributed by atoms with E-state index in [4.69, 9.17) is 21.2 Å². The van der Waals surface area contributed by atoms with Gasteiger partial charge in [0.25, 0.3) is 5.91 Å². The van der Waals surface area contributed by atoms with Crippen LogP contribution in [0.5, 0.6) is 0 Å². The number of rotatable bonds is 6. The number of halogens is 1. The predicted octanol–water partition coefficient (Wildman–Crippen LogP) is 2.46. The fourth-order valence-corrected chi connectivity index (χ4v) is 4.60. The van der Waals surface area contributed by atoms with Gasteiger partial charge in [-0.1, -0.05) is 12.8 Å². The van der Waals surface area contributed by atoms with Gasteiger partial charge in [0.15, 0.2) is 11.6 Å². The number of ether oxygens (including phenoxy) is 1. The van der Waals surface area contributed by atoms with E-state index in [9.17, 15) is 9.18 Å². The number of nitrogens with two attached hydrogens (primary N) is 2. The van der Waals surface area contributed by atoms with Crippen molar-refractivity contribution in [3.05, 3.63) is 35.8 Å². The number of hydrogen-bond acceptors (Lipinski definition) is 8. The van der Waals surface area contributed by atoms with Gasteiger partial charge in [-0.15, -0.1) is 0 Å². The first kappa shape index (κ1) is 22.4. The zero-order valence-corrected chi connectivity index (χ0v) is 18.8. The van der Waals surface area contributed by atoms with Gasteiger partial charge < -0.3 is 36.7 Å². The van der Waals surface area contributed by atoms with E-state index in [0.29, 0.717) is 24.5 Å². The minimum Gasteiger partial charge on any atom is -0.378 e. The van der Waals surface area contributed by atoms with Crippen LogP contribution in [0.3, 0.4) is 0 Å². The molecule has 3 aromatic rings. The molecular formula is C23H29FN8O2. The van der Waals surface area contributed by atoms with Crippen molar-refractivity contribution in [2.75, 3.05) is 41.8 Å². The molecule has 1 unspecified atom stereocenters. The maximum Gasteiger partial charge on any atom is 0.252 e. The van der Waals surface area contributed by atoms with Crippen molar-refractivity contribution in [1.82, 2.24) is 15.0 Å².